The molecule has 0 aromatic rings. The predicted octanol–water partition coefficient (Wildman–Crippen LogP) is -0.110. The van der Waals surface area contributed by atoms with Gasteiger partial charge in [-0.3, -0.25) is 24.0 Å². The highest BCUT2D eigenvalue weighted by atomic mass is 33.1. The average molecular weight is 487 g/mol. The maximum atomic E-state index is 12.9. The summed E-state index contributed by atoms with van der Waals surface area (Å²) in [5.74, 6) is -2.01. The SMILES string of the molecule is CC(C)[C@H]1NC(=O)C[C@H]2C=CCCSSC[C@@H](NC1=O)C(=O)N[C@@H](C)C(=O)NCC(=O)O2. The molecule has 2 aliphatic rings. The molecule has 4 atom stereocenters. The molecule has 0 aromatic heterocycles. The van der Waals surface area contributed by atoms with E-state index in [1.807, 2.05) is 6.08 Å². The minimum atomic E-state index is -0.924. The van der Waals surface area contributed by atoms with Gasteiger partial charge in [-0.1, -0.05) is 41.5 Å². The largest absolute Gasteiger partial charge is 0.456 e. The van der Waals surface area contributed by atoms with E-state index in [1.54, 1.807) is 19.9 Å². The number of hydrogen-bond acceptors (Lipinski definition) is 8. The number of amides is 4. The Bertz CT molecular complexity index is 760. The monoisotopic (exact) mass is 486 g/mol. The second-order valence-corrected chi connectivity index (χ2v) is 10.5. The third-order valence-electron chi connectivity index (χ3n) is 4.76. The summed E-state index contributed by atoms with van der Waals surface area (Å²) in [6, 6.07) is -2.71. The van der Waals surface area contributed by atoms with Crippen LogP contribution in [0.5, 0.6) is 0 Å². The number of carbonyl (C=O) groups is 5. The lowest BCUT2D eigenvalue weighted by Gasteiger charge is -2.26. The molecular formula is C20H30N4O6S2. The highest BCUT2D eigenvalue weighted by Gasteiger charge is 2.31. The van der Waals surface area contributed by atoms with Crippen molar-refractivity contribution in [2.75, 3.05) is 18.1 Å². The average Bonchev–Trinajstić information content (AvgIpc) is 2.72. The third-order valence-corrected chi connectivity index (χ3v) is 7.21. The molecule has 0 spiro atoms. The van der Waals surface area contributed by atoms with Crippen molar-refractivity contribution in [3.8, 4) is 0 Å². The van der Waals surface area contributed by atoms with E-state index in [4.69, 9.17) is 4.74 Å². The molecule has 0 saturated carbocycles. The van der Waals surface area contributed by atoms with Crippen LogP contribution in [0, 0.1) is 5.92 Å². The molecule has 4 N–H and O–H groups in total. The summed E-state index contributed by atoms with van der Waals surface area (Å²) in [4.78, 5) is 62.9. The Labute approximate surface area is 195 Å². The van der Waals surface area contributed by atoms with Gasteiger partial charge in [-0.15, -0.1) is 0 Å². The fourth-order valence-electron chi connectivity index (χ4n) is 2.99. The van der Waals surface area contributed by atoms with Crippen molar-refractivity contribution in [1.82, 2.24) is 21.3 Å². The lowest BCUT2D eigenvalue weighted by molar-refractivity contribution is -0.148. The Morgan fingerprint density at radius 3 is 2.47 bits per heavy atom. The summed E-state index contributed by atoms with van der Waals surface area (Å²) in [5.41, 5.74) is 0. The first-order valence-electron chi connectivity index (χ1n) is 10.5. The normalized spacial score (nSPS) is 29.3. The molecule has 2 aliphatic heterocycles. The van der Waals surface area contributed by atoms with Gasteiger partial charge in [-0.25, -0.2) is 0 Å². The van der Waals surface area contributed by atoms with Crippen molar-refractivity contribution in [2.45, 2.75) is 57.8 Å². The maximum absolute atomic E-state index is 12.9. The van der Waals surface area contributed by atoms with Gasteiger partial charge in [0, 0.05) is 11.5 Å². The van der Waals surface area contributed by atoms with Crippen LogP contribution in [0.2, 0.25) is 0 Å². The zero-order valence-corrected chi connectivity index (χ0v) is 20.0. The van der Waals surface area contributed by atoms with E-state index in [0.29, 0.717) is 6.42 Å². The molecule has 0 aromatic carbocycles. The van der Waals surface area contributed by atoms with Gasteiger partial charge in [-0.05, 0) is 25.3 Å². The fraction of sp³-hybridized carbons (Fsp3) is 0.650. The molecule has 178 valence electrons. The van der Waals surface area contributed by atoms with E-state index in [2.05, 4.69) is 21.3 Å². The Hall–Kier alpha value is -2.21. The number of hydrogen-bond donors (Lipinski definition) is 4. The van der Waals surface area contributed by atoms with Crippen molar-refractivity contribution in [3.63, 3.8) is 0 Å². The number of fused-ring (bicyclic) bond motifs is 7. The second kappa shape index (κ2) is 12.7. The lowest BCUT2D eigenvalue weighted by atomic mass is 10.0. The highest BCUT2D eigenvalue weighted by Crippen LogP contribution is 2.23. The molecular weight excluding hydrogens is 456 g/mol. The number of rotatable bonds is 1. The smallest absolute Gasteiger partial charge is 0.326 e. The molecule has 2 bridgehead atoms. The molecule has 32 heavy (non-hydrogen) atoms. The third kappa shape index (κ3) is 8.38. The van der Waals surface area contributed by atoms with Gasteiger partial charge in [0.2, 0.25) is 23.6 Å². The van der Waals surface area contributed by atoms with E-state index in [1.165, 1.54) is 28.5 Å². The number of allylic oxidation sites excluding steroid dienone is 1. The first-order chi connectivity index (χ1) is 15.2. The van der Waals surface area contributed by atoms with Crippen molar-refractivity contribution >= 4 is 51.2 Å². The van der Waals surface area contributed by atoms with Crippen LogP contribution in [0.15, 0.2) is 12.2 Å². The molecule has 2 rings (SSSR count). The van der Waals surface area contributed by atoms with E-state index < -0.39 is 60.4 Å². The summed E-state index contributed by atoms with van der Waals surface area (Å²) in [5, 5.41) is 10.4. The molecule has 1 fully saturated rings. The van der Waals surface area contributed by atoms with Crippen molar-refractivity contribution in [1.29, 1.82) is 0 Å². The van der Waals surface area contributed by atoms with Crippen molar-refractivity contribution in [2.24, 2.45) is 5.92 Å². The van der Waals surface area contributed by atoms with Gasteiger partial charge >= 0.3 is 5.97 Å². The Balaban J connectivity index is 2.40. The molecule has 0 radical (unpaired) electrons. The topological polar surface area (TPSA) is 143 Å². The van der Waals surface area contributed by atoms with Crippen LogP contribution >= 0.6 is 21.6 Å². The van der Waals surface area contributed by atoms with Crippen LogP contribution < -0.4 is 21.3 Å². The molecule has 4 amide bonds. The van der Waals surface area contributed by atoms with Gasteiger partial charge in [-0.2, -0.15) is 0 Å². The Kier molecular flexibility index (Phi) is 10.4. The minimum absolute atomic E-state index is 0.172. The first kappa shape index (κ1) is 26.0. The zero-order valence-electron chi connectivity index (χ0n) is 18.3. The van der Waals surface area contributed by atoms with Crippen molar-refractivity contribution in [3.05, 3.63) is 12.2 Å². The molecule has 12 heteroatoms. The Morgan fingerprint density at radius 2 is 1.75 bits per heavy atom. The van der Waals surface area contributed by atoms with Crippen LogP contribution in [0.1, 0.15) is 33.6 Å². The van der Waals surface area contributed by atoms with Crippen LogP contribution in [0.4, 0.5) is 0 Å². The number of ether oxygens (including phenoxy) is 1. The number of nitrogens with one attached hydrogen (secondary N) is 4. The number of esters is 1. The zero-order chi connectivity index (χ0) is 23.7. The molecule has 1 saturated heterocycles. The molecule has 0 aliphatic carbocycles. The van der Waals surface area contributed by atoms with E-state index in [-0.39, 0.29) is 18.1 Å². The van der Waals surface area contributed by atoms with E-state index >= 15 is 0 Å². The summed E-state index contributed by atoms with van der Waals surface area (Å²) in [6.45, 7) is 4.64. The second-order valence-electron chi connectivity index (χ2n) is 7.85. The minimum Gasteiger partial charge on any atom is -0.456 e. The van der Waals surface area contributed by atoms with Crippen LogP contribution in [-0.2, 0) is 28.7 Å². The molecule has 0 unspecified atom stereocenters. The van der Waals surface area contributed by atoms with E-state index in [0.717, 1.165) is 5.75 Å². The van der Waals surface area contributed by atoms with Gasteiger partial charge in [0.25, 0.3) is 0 Å². The number of carbonyl (C=O) groups excluding carboxylic acids is 5. The first-order valence-corrected chi connectivity index (χ1v) is 12.9. The van der Waals surface area contributed by atoms with Crippen LogP contribution in [0.3, 0.4) is 0 Å². The lowest BCUT2D eigenvalue weighted by Crippen LogP contribution is -2.58. The van der Waals surface area contributed by atoms with Gasteiger partial charge in [0.1, 0.15) is 30.8 Å². The van der Waals surface area contributed by atoms with Gasteiger partial charge < -0.3 is 26.0 Å². The summed E-state index contributed by atoms with van der Waals surface area (Å²) < 4.78 is 5.36. The summed E-state index contributed by atoms with van der Waals surface area (Å²) in [7, 11) is 2.96. The predicted molar refractivity (Wildman–Crippen MR) is 122 cm³/mol. The van der Waals surface area contributed by atoms with E-state index in [9.17, 15) is 24.0 Å². The van der Waals surface area contributed by atoms with Crippen LogP contribution in [-0.4, -0.2) is 71.9 Å². The Morgan fingerprint density at radius 1 is 1.00 bits per heavy atom. The highest BCUT2D eigenvalue weighted by molar-refractivity contribution is 8.76. The fourth-order valence-corrected chi connectivity index (χ4v) is 5.14. The molecule has 2 heterocycles. The molecule has 10 nitrogen and oxygen atoms in total. The standard InChI is InChI=1S/C20H30N4O6S2/c1-11(2)17-20(29)23-14-10-32-31-7-5-4-6-13(8-15(25)24-17)30-16(26)9-21-18(27)12(3)22-19(14)28/h4,6,11-14,17H,5,7-10H2,1-3H3,(H,21,27)(H,22,28)(H,23,29)(H,24,25)/t12-,13+,14+,17+/m0/s1. The summed E-state index contributed by atoms with van der Waals surface area (Å²) >= 11 is 0. The van der Waals surface area contributed by atoms with Crippen LogP contribution in [0.25, 0.3) is 0 Å². The summed E-state index contributed by atoms with van der Waals surface area (Å²) in [6.07, 6.45) is 3.12. The quantitative estimate of drug-likeness (QED) is 0.228. The van der Waals surface area contributed by atoms with Gasteiger partial charge in [0.05, 0.1) is 6.42 Å². The van der Waals surface area contributed by atoms with Crippen molar-refractivity contribution < 1.29 is 28.7 Å². The maximum Gasteiger partial charge on any atom is 0.326 e. The van der Waals surface area contributed by atoms with Gasteiger partial charge in [0.15, 0.2) is 0 Å².